The van der Waals surface area contributed by atoms with E-state index in [1.54, 1.807) is 40.3 Å². The average Bonchev–Trinajstić information content (AvgIpc) is 3.50. The molecule has 1 saturated heterocycles. The summed E-state index contributed by atoms with van der Waals surface area (Å²) < 4.78 is 10.9. The molecule has 0 saturated carbocycles. The molecule has 1 fully saturated rings. The summed E-state index contributed by atoms with van der Waals surface area (Å²) in [4.78, 5) is 42.9. The molecular formula is C30H34N4O6. The minimum Gasteiger partial charge on any atom is -0.467 e. The molecule has 0 N–H and O–H groups in total. The lowest BCUT2D eigenvalue weighted by atomic mass is 10.1. The maximum atomic E-state index is 13.6. The summed E-state index contributed by atoms with van der Waals surface area (Å²) in [7, 11) is 0. The van der Waals surface area contributed by atoms with E-state index in [4.69, 9.17) is 9.15 Å². The van der Waals surface area contributed by atoms with E-state index in [9.17, 15) is 19.7 Å². The van der Waals surface area contributed by atoms with Gasteiger partial charge in [-0.2, -0.15) is 0 Å². The highest BCUT2D eigenvalue weighted by atomic mass is 16.6. The van der Waals surface area contributed by atoms with Crippen molar-refractivity contribution in [3.63, 3.8) is 0 Å². The van der Waals surface area contributed by atoms with Crippen LogP contribution in [0.1, 0.15) is 16.9 Å². The molecule has 1 aliphatic rings. The number of nitrogens with zero attached hydrogens (tertiary/aromatic N) is 4. The minimum atomic E-state index is -0.468. The number of benzene rings is 2. The van der Waals surface area contributed by atoms with Crippen LogP contribution in [0.2, 0.25) is 0 Å². The van der Waals surface area contributed by atoms with E-state index in [-0.39, 0.29) is 24.0 Å². The first-order chi connectivity index (χ1) is 19.5. The summed E-state index contributed by atoms with van der Waals surface area (Å²) in [6, 6.07) is 19.5. The first kappa shape index (κ1) is 28.7. The number of amides is 2. The largest absolute Gasteiger partial charge is 0.467 e. The van der Waals surface area contributed by atoms with Crippen LogP contribution in [0, 0.1) is 10.1 Å². The fraction of sp³-hybridized carbons (Fsp3) is 0.333. The molecule has 10 nitrogen and oxygen atoms in total. The summed E-state index contributed by atoms with van der Waals surface area (Å²) in [5.74, 6) is 0.193. The highest BCUT2D eigenvalue weighted by molar-refractivity contribution is 5.94. The zero-order valence-corrected chi connectivity index (χ0v) is 22.4. The summed E-state index contributed by atoms with van der Waals surface area (Å²) in [5, 5.41) is 10.9. The molecule has 1 aromatic heterocycles. The van der Waals surface area contributed by atoms with Crippen LogP contribution in [-0.4, -0.2) is 83.9 Å². The van der Waals surface area contributed by atoms with Crippen LogP contribution in [-0.2, 0) is 27.3 Å². The maximum Gasteiger partial charge on any atom is 0.269 e. The lowest BCUT2D eigenvalue weighted by molar-refractivity contribution is -0.384. The Bertz CT molecular complexity index is 1260. The zero-order valence-electron chi connectivity index (χ0n) is 22.4. The number of hydrogen-bond donors (Lipinski definition) is 0. The molecule has 4 rings (SSSR count). The lowest BCUT2D eigenvalue weighted by Gasteiger charge is -2.31. The van der Waals surface area contributed by atoms with Gasteiger partial charge >= 0.3 is 0 Å². The van der Waals surface area contributed by atoms with Crippen molar-refractivity contribution in [2.24, 2.45) is 0 Å². The number of ether oxygens (including phenoxy) is 1. The molecule has 10 heteroatoms. The van der Waals surface area contributed by atoms with E-state index in [1.165, 1.54) is 18.2 Å². The molecule has 2 amide bonds. The second kappa shape index (κ2) is 14.8. The predicted octanol–water partition coefficient (Wildman–Crippen LogP) is 3.63. The van der Waals surface area contributed by atoms with Crippen LogP contribution in [0.25, 0.3) is 6.08 Å². The summed E-state index contributed by atoms with van der Waals surface area (Å²) in [5.41, 5.74) is 1.75. The highest BCUT2D eigenvalue weighted by Crippen LogP contribution is 2.14. The van der Waals surface area contributed by atoms with Crippen molar-refractivity contribution in [3.8, 4) is 0 Å². The number of hydrogen-bond acceptors (Lipinski definition) is 7. The molecule has 40 heavy (non-hydrogen) atoms. The number of carbonyl (C=O) groups is 2. The van der Waals surface area contributed by atoms with Gasteiger partial charge in [-0.1, -0.05) is 30.3 Å². The van der Waals surface area contributed by atoms with Crippen molar-refractivity contribution in [2.45, 2.75) is 13.0 Å². The van der Waals surface area contributed by atoms with Gasteiger partial charge in [0.2, 0.25) is 11.8 Å². The minimum absolute atomic E-state index is 0.0200. The van der Waals surface area contributed by atoms with Gasteiger partial charge in [0, 0.05) is 50.9 Å². The van der Waals surface area contributed by atoms with Crippen LogP contribution in [0.3, 0.4) is 0 Å². The van der Waals surface area contributed by atoms with Crippen molar-refractivity contribution in [1.29, 1.82) is 0 Å². The molecule has 0 bridgehead atoms. The molecule has 2 heterocycles. The number of furan rings is 1. The van der Waals surface area contributed by atoms with Crippen LogP contribution in [0.5, 0.6) is 0 Å². The third kappa shape index (κ3) is 8.89. The summed E-state index contributed by atoms with van der Waals surface area (Å²) in [6.07, 6.45) is 5.27. The van der Waals surface area contributed by atoms with E-state index in [0.29, 0.717) is 57.1 Å². The standard InChI is InChI=1S/C30H34N4O6/c35-29(13-10-26-8-11-27(12-9-26)34(37)38)33(17-16-31-18-21-39-22-19-31)24-30(36)32(23-28-7-4-20-40-28)15-14-25-5-2-1-3-6-25/h1-13,20H,14-19,21-24H2. The van der Waals surface area contributed by atoms with E-state index < -0.39 is 4.92 Å². The van der Waals surface area contributed by atoms with Crippen molar-refractivity contribution < 1.29 is 23.7 Å². The van der Waals surface area contributed by atoms with Gasteiger partial charge in [-0.15, -0.1) is 0 Å². The first-order valence-corrected chi connectivity index (χ1v) is 13.3. The molecule has 0 aliphatic carbocycles. The number of rotatable bonds is 13. The van der Waals surface area contributed by atoms with Gasteiger partial charge in [0.1, 0.15) is 12.3 Å². The van der Waals surface area contributed by atoms with Gasteiger partial charge in [0.25, 0.3) is 5.69 Å². The Kier molecular flexibility index (Phi) is 10.6. The van der Waals surface area contributed by atoms with E-state index >= 15 is 0 Å². The molecule has 3 aromatic rings. The molecule has 0 unspecified atom stereocenters. The van der Waals surface area contributed by atoms with Crippen LogP contribution in [0.15, 0.2) is 83.5 Å². The number of nitro benzene ring substituents is 1. The Balaban J connectivity index is 1.46. The highest BCUT2D eigenvalue weighted by Gasteiger charge is 2.22. The second-order valence-electron chi connectivity index (χ2n) is 9.53. The van der Waals surface area contributed by atoms with E-state index in [1.807, 2.05) is 36.4 Å². The predicted molar refractivity (Wildman–Crippen MR) is 150 cm³/mol. The smallest absolute Gasteiger partial charge is 0.269 e. The molecule has 210 valence electrons. The Morgan fingerprint density at radius 3 is 2.38 bits per heavy atom. The number of nitro groups is 1. The van der Waals surface area contributed by atoms with Gasteiger partial charge in [0.05, 0.1) is 30.9 Å². The van der Waals surface area contributed by atoms with E-state index in [0.717, 1.165) is 18.7 Å². The SMILES string of the molecule is O=C(C=Cc1ccc([N+](=O)[O-])cc1)N(CCN1CCOCC1)CC(=O)N(CCc1ccccc1)Cc1ccco1. The number of morpholine rings is 1. The third-order valence-electron chi connectivity index (χ3n) is 6.74. The summed E-state index contributed by atoms with van der Waals surface area (Å²) >= 11 is 0. The average molecular weight is 547 g/mol. The zero-order chi connectivity index (χ0) is 28.2. The van der Waals surface area contributed by atoms with Crippen molar-refractivity contribution in [2.75, 3.05) is 52.5 Å². The van der Waals surface area contributed by atoms with Gasteiger partial charge in [-0.05, 0) is 47.9 Å². The second-order valence-corrected chi connectivity index (χ2v) is 9.53. The van der Waals surface area contributed by atoms with Crippen LogP contribution < -0.4 is 0 Å². The lowest BCUT2D eigenvalue weighted by Crippen LogP contribution is -2.47. The third-order valence-corrected chi connectivity index (χ3v) is 6.74. The first-order valence-electron chi connectivity index (χ1n) is 13.3. The fourth-order valence-corrected chi connectivity index (χ4v) is 4.39. The van der Waals surface area contributed by atoms with Gasteiger partial charge < -0.3 is 19.0 Å². The molecular weight excluding hydrogens is 512 g/mol. The molecule has 1 aliphatic heterocycles. The summed E-state index contributed by atoms with van der Waals surface area (Å²) in [6.45, 7) is 4.54. The fourth-order valence-electron chi connectivity index (χ4n) is 4.39. The molecule has 0 spiro atoms. The van der Waals surface area contributed by atoms with Crippen molar-refractivity contribution in [3.05, 3.63) is 106 Å². The van der Waals surface area contributed by atoms with Crippen LogP contribution >= 0.6 is 0 Å². The monoisotopic (exact) mass is 546 g/mol. The molecule has 0 radical (unpaired) electrons. The number of non-ortho nitro benzene ring substituents is 1. The number of carbonyl (C=O) groups excluding carboxylic acids is 2. The Morgan fingerprint density at radius 1 is 0.950 bits per heavy atom. The van der Waals surface area contributed by atoms with Gasteiger partial charge in [-0.25, -0.2) is 0 Å². The maximum absolute atomic E-state index is 13.6. The molecule has 0 atom stereocenters. The van der Waals surface area contributed by atoms with Crippen LogP contribution in [0.4, 0.5) is 5.69 Å². The van der Waals surface area contributed by atoms with Gasteiger partial charge in [-0.3, -0.25) is 24.6 Å². The van der Waals surface area contributed by atoms with Crippen molar-refractivity contribution in [1.82, 2.24) is 14.7 Å². The Hall–Kier alpha value is -4.28. The topological polar surface area (TPSA) is 109 Å². The van der Waals surface area contributed by atoms with Gasteiger partial charge in [0.15, 0.2) is 0 Å². The van der Waals surface area contributed by atoms with E-state index in [2.05, 4.69) is 4.90 Å². The quantitative estimate of drug-likeness (QED) is 0.183. The van der Waals surface area contributed by atoms with Crippen molar-refractivity contribution >= 4 is 23.6 Å². The normalized spacial score (nSPS) is 13.8. The molecule has 2 aromatic carbocycles. The Labute approximate surface area is 233 Å². The Morgan fingerprint density at radius 2 is 1.70 bits per heavy atom.